The first-order valence-electron chi connectivity index (χ1n) is 7.73. The zero-order valence-corrected chi connectivity index (χ0v) is 12.2. The summed E-state index contributed by atoms with van der Waals surface area (Å²) in [6.07, 6.45) is 8.59. The second kappa shape index (κ2) is 7.54. The maximum Gasteiger partial charge on any atom is 0.199 e. The summed E-state index contributed by atoms with van der Waals surface area (Å²) in [5.41, 5.74) is 1.34. The summed E-state index contributed by atoms with van der Waals surface area (Å²) >= 11 is 0. The van der Waals surface area contributed by atoms with Crippen LogP contribution in [0.1, 0.15) is 57.9 Å². The normalized spacial score (nSPS) is 18.2. The molecule has 1 saturated carbocycles. The van der Waals surface area contributed by atoms with E-state index >= 15 is 0 Å². The van der Waals surface area contributed by atoms with E-state index < -0.39 is 0 Å². The van der Waals surface area contributed by atoms with Crippen LogP contribution in [-0.4, -0.2) is 12.4 Å². The quantitative estimate of drug-likeness (QED) is 0.691. The molecule has 0 saturated heterocycles. The van der Waals surface area contributed by atoms with Gasteiger partial charge >= 0.3 is 0 Å². The zero-order valence-electron chi connectivity index (χ0n) is 12.2. The lowest BCUT2D eigenvalue weighted by molar-refractivity contribution is -0.129. The van der Waals surface area contributed by atoms with Gasteiger partial charge in [0.15, 0.2) is 6.29 Å². The second-order valence-electron chi connectivity index (χ2n) is 5.35. The standard InChI is InChI=1S/C17H26O2/c1-3-14-10-12-16(13-11-14)19-17(4-2)18-15-8-6-5-7-9-15/h10-13,15,17H,3-9H2,1-2H3. The number of hydrogen-bond donors (Lipinski definition) is 0. The summed E-state index contributed by atoms with van der Waals surface area (Å²) in [6.45, 7) is 4.28. The molecule has 0 spiro atoms. The third kappa shape index (κ3) is 4.54. The van der Waals surface area contributed by atoms with Crippen LogP contribution in [0.15, 0.2) is 24.3 Å². The molecule has 0 N–H and O–H groups in total. The summed E-state index contributed by atoms with van der Waals surface area (Å²) in [6, 6.07) is 8.35. The predicted molar refractivity (Wildman–Crippen MR) is 78.5 cm³/mol. The highest BCUT2D eigenvalue weighted by Gasteiger charge is 2.19. The van der Waals surface area contributed by atoms with Crippen molar-refractivity contribution in [2.24, 2.45) is 0 Å². The van der Waals surface area contributed by atoms with E-state index in [0.717, 1.165) is 18.6 Å². The van der Waals surface area contributed by atoms with Gasteiger partial charge in [-0.2, -0.15) is 0 Å². The van der Waals surface area contributed by atoms with Crippen LogP contribution in [0.2, 0.25) is 0 Å². The summed E-state index contributed by atoms with van der Waals surface area (Å²) in [4.78, 5) is 0. The molecule has 1 unspecified atom stereocenters. The molecule has 1 atom stereocenters. The minimum Gasteiger partial charge on any atom is -0.465 e. The Labute approximate surface area is 117 Å². The Morgan fingerprint density at radius 1 is 1.05 bits per heavy atom. The summed E-state index contributed by atoms with van der Waals surface area (Å²) < 4.78 is 12.0. The molecule has 1 aliphatic rings. The molecule has 1 aromatic carbocycles. The van der Waals surface area contributed by atoms with Gasteiger partial charge in [0.2, 0.25) is 0 Å². The monoisotopic (exact) mass is 262 g/mol. The molecule has 106 valence electrons. The zero-order chi connectivity index (χ0) is 13.5. The van der Waals surface area contributed by atoms with E-state index in [1.165, 1.54) is 37.7 Å². The van der Waals surface area contributed by atoms with Gasteiger partial charge in [0.05, 0.1) is 6.10 Å². The van der Waals surface area contributed by atoms with Crippen molar-refractivity contribution in [2.75, 3.05) is 0 Å². The maximum atomic E-state index is 6.08. The van der Waals surface area contributed by atoms with Crippen LogP contribution in [0.4, 0.5) is 0 Å². The Morgan fingerprint density at radius 2 is 1.74 bits per heavy atom. The van der Waals surface area contributed by atoms with Gasteiger partial charge in [-0.15, -0.1) is 0 Å². The molecular weight excluding hydrogens is 236 g/mol. The Hall–Kier alpha value is -1.02. The second-order valence-corrected chi connectivity index (χ2v) is 5.35. The Kier molecular flexibility index (Phi) is 5.71. The van der Waals surface area contributed by atoms with Crippen LogP contribution in [0.5, 0.6) is 5.75 Å². The molecule has 0 aromatic heterocycles. The molecular formula is C17H26O2. The maximum absolute atomic E-state index is 6.08. The van der Waals surface area contributed by atoms with Gasteiger partial charge in [0.1, 0.15) is 5.75 Å². The Bertz CT molecular complexity index is 352. The smallest absolute Gasteiger partial charge is 0.199 e. The molecule has 1 aliphatic carbocycles. The number of hydrogen-bond acceptors (Lipinski definition) is 2. The lowest BCUT2D eigenvalue weighted by atomic mass is 9.98. The molecule has 0 amide bonds. The van der Waals surface area contributed by atoms with Crippen molar-refractivity contribution in [1.82, 2.24) is 0 Å². The SMILES string of the molecule is CCc1ccc(OC(CC)OC2CCCCC2)cc1. The number of benzene rings is 1. The van der Waals surface area contributed by atoms with Gasteiger partial charge in [-0.3, -0.25) is 0 Å². The average molecular weight is 262 g/mol. The average Bonchev–Trinajstić information content (AvgIpc) is 2.48. The Balaban J connectivity index is 1.86. The molecule has 0 radical (unpaired) electrons. The van der Waals surface area contributed by atoms with Gasteiger partial charge < -0.3 is 9.47 Å². The minimum absolute atomic E-state index is 0.101. The van der Waals surface area contributed by atoms with Crippen molar-refractivity contribution >= 4 is 0 Å². The van der Waals surface area contributed by atoms with Crippen molar-refractivity contribution in [3.8, 4) is 5.75 Å². The topological polar surface area (TPSA) is 18.5 Å². The van der Waals surface area contributed by atoms with Crippen LogP contribution in [0, 0.1) is 0 Å². The molecule has 1 aromatic rings. The first-order valence-corrected chi connectivity index (χ1v) is 7.73. The summed E-state index contributed by atoms with van der Waals surface area (Å²) in [5.74, 6) is 0.917. The highest BCUT2D eigenvalue weighted by molar-refractivity contribution is 5.27. The van der Waals surface area contributed by atoms with Gasteiger partial charge in [0.25, 0.3) is 0 Å². The van der Waals surface area contributed by atoms with Gasteiger partial charge in [-0.25, -0.2) is 0 Å². The third-order valence-corrected chi connectivity index (χ3v) is 3.83. The number of ether oxygens (including phenoxy) is 2. The highest BCUT2D eigenvalue weighted by Crippen LogP contribution is 2.23. The van der Waals surface area contributed by atoms with Gasteiger partial charge in [-0.05, 0) is 37.0 Å². The van der Waals surface area contributed by atoms with Crippen molar-refractivity contribution < 1.29 is 9.47 Å². The molecule has 2 rings (SSSR count). The van der Waals surface area contributed by atoms with Crippen LogP contribution in [0.3, 0.4) is 0 Å². The Morgan fingerprint density at radius 3 is 2.32 bits per heavy atom. The number of rotatable bonds is 6. The molecule has 0 aliphatic heterocycles. The lowest BCUT2D eigenvalue weighted by Gasteiger charge is -2.27. The van der Waals surface area contributed by atoms with E-state index in [1.807, 2.05) is 12.1 Å². The van der Waals surface area contributed by atoms with E-state index in [-0.39, 0.29) is 6.29 Å². The molecule has 0 bridgehead atoms. The molecule has 0 heterocycles. The van der Waals surface area contributed by atoms with E-state index in [1.54, 1.807) is 0 Å². The van der Waals surface area contributed by atoms with Crippen LogP contribution in [0.25, 0.3) is 0 Å². The molecule has 2 heteroatoms. The highest BCUT2D eigenvalue weighted by atomic mass is 16.7. The van der Waals surface area contributed by atoms with Crippen molar-refractivity contribution in [1.29, 1.82) is 0 Å². The lowest BCUT2D eigenvalue weighted by Crippen LogP contribution is -2.28. The predicted octanol–water partition coefficient (Wildman–Crippen LogP) is 4.71. The van der Waals surface area contributed by atoms with Crippen molar-refractivity contribution in [3.63, 3.8) is 0 Å². The molecule has 19 heavy (non-hydrogen) atoms. The van der Waals surface area contributed by atoms with Crippen LogP contribution in [-0.2, 0) is 11.2 Å². The van der Waals surface area contributed by atoms with Crippen LogP contribution >= 0.6 is 0 Å². The van der Waals surface area contributed by atoms with Crippen molar-refractivity contribution in [2.45, 2.75) is 71.2 Å². The fraction of sp³-hybridized carbons (Fsp3) is 0.647. The van der Waals surface area contributed by atoms with E-state index in [0.29, 0.717) is 6.10 Å². The van der Waals surface area contributed by atoms with Crippen LogP contribution < -0.4 is 4.74 Å². The number of aryl methyl sites for hydroxylation is 1. The molecule has 2 nitrogen and oxygen atoms in total. The van der Waals surface area contributed by atoms with Gasteiger partial charge in [0, 0.05) is 6.42 Å². The van der Waals surface area contributed by atoms with E-state index in [4.69, 9.17) is 9.47 Å². The third-order valence-electron chi connectivity index (χ3n) is 3.83. The first kappa shape index (κ1) is 14.4. The fourth-order valence-corrected chi connectivity index (χ4v) is 2.58. The fourth-order valence-electron chi connectivity index (χ4n) is 2.58. The van der Waals surface area contributed by atoms with Crippen molar-refractivity contribution in [3.05, 3.63) is 29.8 Å². The first-order chi connectivity index (χ1) is 9.31. The van der Waals surface area contributed by atoms with E-state index in [2.05, 4.69) is 26.0 Å². The van der Waals surface area contributed by atoms with Gasteiger partial charge in [-0.1, -0.05) is 45.2 Å². The summed E-state index contributed by atoms with van der Waals surface area (Å²) in [7, 11) is 0. The van der Waals surface area contributed by atoms with E-state index in [9.17, 15) is 0 Å². The molecule has 1 fully saturated rings. The minimum atomic E-state index is -0.101. The largest absolute Gasteiger partial charge is 0.465 e. The summed E-state index contributed by atoms with van der Waals surface area (Å²) in [5, 5.41) is 0.